The number of rotatable bonds is 7. The molecule has 0 spiro atoms. The smallest absolute Gasteiger partial charge is 0.0395 e. The maximum absolute atomic E-state index is 3.78. The van der Waals surface area contributed by atoms with Gasteiger partial charge in [-0.05, 0) is 36.3 Å². The van der Waals surface area contributed by atoms with Gasteiger partial charge in [-0.25, -0.2) is 0 Å². The Bertz CT molecular complexity index is 455. The van der Waals surface area contributed by atoms with E-state index < -0.39 is 0 Å². The summed E-state index contributed by atoms with van der Waals surface area (Å²) >= 11 is 5.73. The zero-order chi connectivity index (χ0) is 13.3. The summed E-state index contributed by atoms with van der Waals surface area (Å²) in [5.41, 5.74) is 1.39. The molecule has 0 nitrogen and oxygen atoms in total. The summed E-state index contributed by atoms with van der Waals surface area (Å²) in [5, 5.41) is 0. The van der Waals surface area contributed by atoms with Crippen molar-refractivity contribution in [3.05, 3.63) is 66.2 Å². The SMILES string of the molecule is BrC(CCCCSc1ccccc1)c1ccccc1. The molecule has 0 radical (unpaired) electrons. The number of hydrogen-bond donors (Lipinski definition) is 0. The lowest BCUT2D eigenvalue weighted by molar-refractivity contribution is 0.718. The number of hydrogen-bond acceptors (Lipinski definition) is 1. The van der Waals surface area contributed by atoms with Crippen molar-refractivity contribution in [2.24, 2.45) is 0 Å². The van der Waals surface area contributed by atoms with E-state index in [1.165, 1.54) is 35.5 Å². The molecule has 0 aromatic heterocycles. The van der Waals surface area contributed by atoms with Gasteiger partial charge in [-0.15, -0.1) is 11.8 Å². The molecule has 19 heavy (non-hydrogen) atoms. The quantitative estimate of drug-likeness (QED) is 0.335. The third kappa shape index (κ3) is 5.42. The van der Waals surface area contributed by atoms with Gasteiger partial charge in [-0.1, -0.05) is 70.9 Å². The van der Waals surface area contributed by atoms with Crippen LogP contribution in [0.5, 0.6) is 0 Å². The van der Waals surface area contributed by atoms with Gasteiger partial charge >= 0.3 is 0 Å². The Morgan fingerprint density at radius 2 is 1.47 bits per heavy atom. The normalized spacial score (nSPS) is 12.3. The van der Waals surface area contributed by atoms with Crippen molar-refractivity contribution in [1.29, 1.82) is 0 Å². The van der Waals surface area contributed by atoms with Gasteiger partial charge in [0.2, 0.25) is 0 Å². The van der Waals surface area contributed by atoms with E-state index >= 15 is 0 Å². The van der Waals surface area contributed by atoms with Crippen LogP contribution in [-0.2, 0) is 0 Å². The fourth-order valence-corrected chi connectivity index (χ4v) is 3.52. The number of thioether (sulfide) groups is 1. The van der Waals surface area contributed by atoms with E-state index in [-0.39, 0.29) is 0 Å². The van der Waals surface area contributed by atoms with E-state index in [1.54, 1.807) is 0 Å². The molecule has 1 atom stereocenters. The summed E-state index contributed by atoms with van der Waals surface area (Å²) in [6, 6.07) is 21.3. The molecule has 0 heterocycles. The molecule has 0 saturated heterocycles. The molecule has 0 fully saturated rings. The highest BCUT2D eigenvalue weighted by Crippen LogP contribution is 2.28. The van der Waals surface area contributed by atoms with Crippen molar-refractivity contribution >= 4 is 27.7 Å². The maximum atomic E-state index is 3.78. The highest BCUT2D eigenvalue weighted by molar-refractivity contribution is 9.09. The first-order valence-electron chi connectivity index (χ1n) is 6.73. The van der Waals surface area contributed by atoms with Crippen molar-refractivity contribution < 1.29 is 0 Å². The molecule has 1 unspecified atom stereocenters. The first-order valence-corrected chi connectivity index (χ1v) is 8.63. The molecule has 0 aliphatic carbocycles. The lowest BCUT2D eigenvalue weighted by Crippen LogP contribution is -1.90. The van der Waals surface area contributed by atoms with E-state index in [1.807, 2.05) is 11.8 Å². The van der Waals surface area contributed by atoms with Gasteiger partial charge in [0.15, 0.2) is 0 Å². The fourth-order valence-electron chi connectivity index (χ4n) is 1.96. The average molecular weight is 335 g/mol. The van der Waals surface area contributed by atoms with E-state index in [9.17, 15) is 0 Å². The molecule has 0 N–H and O–H groups in total. The molecule has 2 aromatic rings. The minimum Gasteiger partial charge on any atom is -0.126 e. The van der Waals surface area contributed by atoms with E-state index in [0.717, 1.165) is 0 Å². The standard InChI is InChI=1S/C17H19BrS/c18-17(15-9-3-1-4-10-15)13-7-8-14-19-16-11-5-2-6-12-16/h1-6,9-12,17H,7-8,13-14H2. The van der Waals surface area contributed by atoms with Gasteiger partial charge in [-0.2, -0.15) is 0 Å². The molecule has 2 aromatic carbocycles. The Labute approximate surface area is 128 Å². The lowest BCUT2D eigenvalue weighted by atomic mass is 10.1. The Morgan fingerprint density at radius 3 is 2.16 bits per heavy atom. The van der Waals surface area contributed by atoms with Crippen molar-refractivity contribution in [3.8, 4) is 0 Å². The highest BCUT2D eigenvalue weighted by atomic mass is 79.9. The summed E-state index contributed by atoms with van der Waals surface area (Å²) < 4.78 is 0. The molecule has 2 heteroatoms. The zero-order valence-electron chi connectivity index (χ0n) is 11.0. The molecular weight excluding hydrogens is 316 g/mol. The number of alkyl halides is 1. The predicted octanol–water partition coefficient (Wildman–Crippen LogP) is 6.09. The molecular formula is C17H19BrS. The second kappa shape index (κ2) is 8.44. The van der Waals surface area contributed by atoms with Crippen LogP contribution in [0.1, 0.15) is 29.7 Å². The highest BCUT2D eigenvalue weighted by Gasteiger charge is 2.05. The third-order valence-corrected chi connectivity index (χ3v) is 5.11. The summed E-state index contributed by atoms with van der Waals surface area (Å²) in [6.45, 7) is 0. The van der Waals surface area contributed by atoms with Crippen LogP contribution in [-0.4, -0.2) is 5.75 Å². The fraction of sp³-hybridized carbons (Fsp3) is 0.294. The Balaban J connectivity index is 1.62. The molecule has 100 valence electrons. The molecule has 2 rings (SSSR count). The second-order valence-electron chi connectivity index (χ2n) is 4.54. The second-order valence-corrected chi connectivity index (χ2v) is 6.81. The molecule has 0 bridgehead atoms. The monoisotopic (exact) mass is 334 g/mol. The first kappa shape index (κ1) is 14.7. The van der Waals surface area contributed by atoms with Crippen molar-refractivity contribution in [1.82, 2.24) is 0 Å². The Hall–Kier alpha value is -0.730. The Kier molecular flexibility index (Phi) is 6.52. The van der Waals surface area contributed by atoms with Crippen LogP contribution in [0.2, 0.25) is 0 Å². The van der Waals surface area contributed by atoms with Crippen LogP contribution in [0.3, 0.4) is 0 Å². The van der Waals surface area contributed by atoms with Gasteiger partial charge in [0.1, 0.15) is 0 Å². The van der Waals surface area contributed by atoms with Crippen molar-refractivity contribution in [3.63, 3.8) is 0 Å². The molecule has 0 aliphatic heterocycles. The third-order valence-electron chi connectivity index (χ3n) is 3.03. The van der Waals surface area contributed by atoms with Gasteiger partial charge in [0.25, 0.3) is 0 Å². The Morgan fingerprint density at radius 1 is 0.842 bits per heavy atom. The number of unbranched alkanes of at least 4 members (excludes halogenated alkanes) is 1. The topological polar surface area (TPSA) is 0 Å². The molecule has 0 aliphatic rings. The minimum atomic E-state index is 0.496. The van der Waals surface area contributed by atoms with Gasteiger partial charge in [0, 0.05) is 9.72 Å². The minimum absolute atomic E-state index is 0.496. The number of benzene rings is 2. The van der Waals surface area contributed by atoms with Crippen molar-refractivity contribution in [2.75, 3.05) is 5.75 Å². The van der Waals surface area contributed by atoms with E-state index in [4.69, 9.17) is 0 Å². The van der Waals surface area contributed by atoms with Crippen LogP contribution in [0, 0.1) is 0 Å². The van der Waals surface area contributed by atoms with Crippen molar-refractivity contribution in [2.45, 2.75) is 29.0 Å². The van der Waals surface area contributed by atoms with Crippen LogP contribution in [0.25, 0.3) is 0 Å². The lowest BCUT2D eigenvalue weighted by Gasteiger charge is -2.09. The predicted molar refractivity (Wildman–Crippen MR) is 89.1 cm³/mol. The summed E-state index contributed by atoms with van der Waals surface area (Å²) in [6.07, 6.45) is 3.75. The largest absolute Gasteiger partial charge is 0.126 e. The molecule has 0 amide bonds. The van der Waals surface area contributed by atoms with Crippen LogP contribution >= 0.6 is 27.7 Å². The summed E-state index contributed by atoms with van der Waals surface area (Å²) in [7, 11) is 0. The van der Waals surface area contributed by atoms with E-state index in [0.29, 0.717) is 4.83 Å². The van der Waals surface area contributed by atoms with Gasteiger partial charge < -0.3 is 0 Å². The number of halogens is 1. The zero-order valence-corrected chi connectivity index (χ0v) is 13.4. The summed E-state index contributed by atoms with van der Waals surface area (Å²) in [4.78, 5) is 1.87. The first-order chi connectivity index (χ1) is 9.36. The van der Waals surface area contributed by atoms with Crippen LogP contribution in [0.15, 0.2) is 65.6 Å². The van der Waals surface area contributed by atoms with Crippen LogP contribution in [0.4, 0.5) is 0 Å². The van der Waals surface area contributed by atoms with Gasteiger partial charge in [-0.3, -0.25) is 0 Å². The average Bonchev–Trinajstić information content (AvgIpc) is 2.49. The van der Waals surface area contributed by atoms with Crippen LogP contribution < -0.4 is 0 Å². The molecule has 0 saturated carbocycles. The maximum Gasteiger partial charge on any atom is 0.0395 e. The summed E-state index contributed by atoms with van der Waals surface area (Å²) in [5.74, 6) is 1.21. The van der Waals surface area contributed by atoms with E-state index in [2.05, 4.69) is 76.6 Å². The van der Waals surface area contributed by atoms with Gasteiger partial charge in [0.05, 0.1) is 0 Å².